The Hall–Kier alpha value is -2.37. The van der Waals surface area contributed by atoms with Crippen LogP contribution in [0.25, 0.3) is 0 Å². The molecule has 0 radical (unpaired) electrons. The Kier molecular flexibility index (Phi) is 9.63. The van der Waals surface area contributed by atoms with Crippen molar-refractivity contribution in [3.63, 3.8) is 0 Å². The molecule has 6 nitrogen and oxygen atoms in total. The number of rotatable bonds is 5. The number of carboxylic acids is 1. The first-order valence-corrected chi connectivity index (χ1v) is 5.35. The van der Waals surface area contributed by atoms with Gasteiger partial charge in [-0.2, -0.15) is 0 Å². The highest BCUT2D eigenvalue weighted by molar-refractivity contribution is 5.94. The first-order chi connectivity index (χ1) is 8.59. The molecular formula is C13H20N2O4. The summed E-state index contributed by atoms with van der Waals surface area (Å²) in [6.45, 7) is 14.8. The van der Waals surface area contributed by atoms with Gasteiger partial charge in [0.2, 0.25) is 11.8 Å². The normalized spacial score (nSPS) is 8.37. The van der Waals surface area contributed by atoms with E-state index in [0.717, 1.165) is 0 Å². The number of hydrogen-bond acceptors (Lipinski definition) is 3. The first kappa shape index (κ1) is 19.0. The average molecular weight is 268 g/mol. The summed E-state index contributed by atoms with van der Waals surface area (Å²) in [6, 6.07) is 0. The van der Waals surface area contributed by atoms with Crippen LogP contribution in [0.4, 0.5) is 0 Å². The minimum absolute atomic E-state index is 0.0946. The fourth-order valence-corrected chi connectivity index (χ4v) is 0.507. The number of carbonyl (C=O) groups excluding carboxylic acids is 2. The van der Waals surface area contributed by atoms with Crippen molar-refractivity contribution in [2.24, 2.45) is 0 Å². The summed E-state index contributed by atoms with van der Waals surface area (Å²) in [6.07, 6.45) is 0. The molecule has 0 fully saturated rings. The van der Waals surface area contributed by atoms with Crippen molar-refractivity contribution in [3.05, 3.63) is 36.5 Å². The van der Waals surface area contributed by atoms with E-state index in [9.17, 15) is 14.4 Å². The number of nitrogens with one attached hydrogen (secondary N) is 2. The minimum Gasteiger partial charge on any atom is -0.478 e. The molecule has 0 aromatic heterocycles. The summed E-state index contributed by atoms with van der Waals surface area (Å²) in [5, 5.41) is 12.8. The quantitative estimate of drug-likeness (QED) is 0.511. The van der Waals surface area contributed by atoms with Gasteiger partial charge in [-0.1, -0.05) is 19.7 Å². The second-order valence-corrected chi connectivity index (χ2v) is 3.83. The predicted octanol–water partition coefficient (Wildman–Crippen LogP) is 0.976. The van der Waals surface area contributed by atoms with Crippen LogP contribution >= 0.6 is 0 Å². The number of amides is 2. The molecule has 19 heavy (non-hydrogen) atoms. The van der Waals surface area contributed by atoms with E-state index in [1.807, 2.05) is 0 Å². The molecule has 0 aliphatic carbocycles. The highest BCUT2D eigenvalue weighted by Gasteiger charge is 2.02. The van der Waals surface area contributed by atoms with Crippen LogP contribution in [-0.2, 0) is 14.4 Å². The van der Waals surface area contributed by atoms with Crippen LogP contribution in [0, 0.1) is 0 Å². The lowest BCUT2D eigenvalue weighted by atomic mass is 10.3. The van der Waals surface area contributed by atoms with E-state index in [2.05, 4.69) is 30.4 Å². The van der Waals surface area contributed by atoms with Gasteiger partial charge in [0.1, 0.15) is 0 Å². The van der Waals surface area contributed by atoms with E-state index in [0.29, 0.717) is 11.1 Å². The zero-order valence-corrected chi connectivity index (χ0v) is 11.5. The van der Waals surface area contributed by atoms with Crippen LogP contribution < -0.4 is 10.6 Å². The number of carboxylic acid groups (broad SMARTS) is 1. The van der Waals surface area contributed by atoms with Gasteiger partial charge in [0.15, 0.2) is 0 Å². The predicted molar refractivity (Wildman–Crippen MR) is 73.2 cm³/mol. The zero-order chi connectivity index (χ0) is 15.6. The number of aliphatic carboxylic acids is 1. The Morgan fingerprint density at radius 3 is 1.26 bits per heavy atom. The number of carbonyl (C=O) groups is 3. The van der Waals surface area contributed by atoms with Crippen LogP contribution in [0.3, 0.4) is 0 Å². The maximum Gasteiger partial charge on any atom is 0.330 e. The molecule has 0 atom stereocenters. The summed E-state index contributed by atoms with van der Waals surface area (Å²) in [4.78, 5) is 31.4. The van der Waals surface area contributed by atoms with Crippen LogP contribution in [0.5, 0.6) is 0 Å². The fraction of sp³-hybridized carbons (Fsp3) is 0.308. The Bertz CT molecular complexity index is 373. The fourth-order valence-electron chi connectivity index (χ4n) is 0.507. The van der Waals surface area contributed by atoms with Gasteiger partial charge in [-0.3, -0.25) is 9.59 Å². The SMILES string of the molecule is C=C(C)C(=O)NCNC(=O)C(=C)C.C=C(C)C(=O)O. The lowest BCUT2D eigenvalue weighted by Gasteiger charge is -2.06. The van der Waals surface area contributed by atoms with Gasteiger partial charge in [0.05, 0.1) is 6.67 Å². The average Bonchev–Trinajstić information content (AvgIpc) is 2.28. The van der Waals surface area contributed by atoms with Crippen molar-refractivity contribution in [1.82, 2.24) is 10.6 Å². The molecule has 0 aliphatic rings. The molecule has 0 saturated heterocycles. The Morgan fingerprint density at radius 1 is 0.842 bits per heavy atom. The van der Waals surface area contributed by atoms with Crippen LogP contribution in [0.1, 0.15) is 20.8 Å². The summed E-state index contributed by atoms with van der Waals surface area (Å²) in [7, 11) is 0. The molecule has 0 spiro atoms. The van der Waals surface area contributed by atoms with Crippen molar-refractivity contribution in [2.75, 3.05) is 6.67 Å². The van der Waals surface area contributed by atoms with Gasteiger partial charge in [-0.15, -0.1) is 0 Å². The highest BCUT2D eigenvalue weighted by Crippen LogP contribution is 1.85. The van der Waals surface area contributed by atoms with Gasteiger partial charge in [0.25, 0.3) is 0 Å². The summed E-state index contributed by atoms with van der Waals surface area (Å²) < 4.78 is 0. The third kappa shape index (κ3) is 11.9. The second-order valence-electron chi connectivity index (χ2n) is 3.83. The molecule has 0 saturated carbocycles. The van der Waals surface area contributed by atoms with Gasteiger partial charge in [-0.05, 0) is 20.8 Å². The summed E-state index contributed by atoms with van der Waals surface area (Å²) in [5.41, 5.74) is 0.990. The molecule has 3 N–H and O–H groups in total. The lowest BCUT2D eigenvalue weighted by molar-refractivity contribution is -0.132. The van der Waals surface area contributed by atoms with Crippen molar-refractivity contribution in [3.8, 4) is 0 Å². The second kappa shape index (κ2) is 9.64. The third-order valence-electron chi connectivity index (χ3n) is 1.64. The third-order valence-corrected chi connectivity index (χ3v) is 1.64. The molecule has 0 rings (SSSR count). The largest absolute Gasteiger partial charge is 0.478 e. The van der Waals surface area contributed by atoms with E-state index in [-0.39, 0.29) is 24.1 Å². The topological polar surface area (TPSA) is 95.5 Å². The molecule has 0 aliphatic heterocycles. The highest BCUT2D eigenvalue weighted by atomic mass is 16.4. The molecule has 0 unspecified atom stereocenters. The van der Waals surface area contributed by atoms with Crippen molar-refractivity contribution in [2.45, 2.75) is 20.8 Å². The molecule has 2 amide bonds. The molecule has 0 aromatic carbocycles. The summed E-state index contributed by atoms with van der Waals surface area (Å²) >= 11 is 0. The molecule has 0 bridgehead atoms. The van der Waals surface area contributed by atoms with Gasteiger partial charge >= 0.3 is 5.97 Å². The maximum absolute atomic E-state index is 10.9. The molecule has 0 heterocycles. The van der Waals surface area contributed by atoms with Crippen LogP contribution in [-0.4, -0.2) is 29.6 Å². The molecular weight excluding hydrogens is 248 g/mol. The van der Waals surface area contributed by atoms with Crippen molar-refractivity contribution in [1.29, 1.82) is 0 Å². The minimum atomic E-state index is -0.935. The van der Waals surface area contributed by atoms with Gasteiger partial charge in [0, 0.05) is 16.7 Å². The lowest BCUT2D eigenvalue weighted by Crippen LogP contribution is -2.37. The number of hydrogen-bond donors (Lipinski definition) is 3. The Labute approximate surface area is 112 Å². The molecule has 106 valence electrons. The molecule has 6 heteroatoms. The molecule has 0 aromatic rings. The van der Waals surface area contributed by atoms with Gasteiger partial charge in [-0.25, -0.2) is 4.79 Å². The zero-order valence-electron chi connectivity index (χ0n) is 11.5. The Balaban J connectivity index is 0. The monoisotopic (exact) mass is 268 g/mol. The van der Waals surface area contributed by atoms with Crippen molar-refractivity contribution < 1.29 is 19.5 Å². The first-order valence-electron chi connectivity index (χ1n) is 5.35. The van der Waals surface area contributed by atoms with Crippen molar-refractivity contribution >= 4 is 17.8 Å². The van der Waals surface area contributed by atoms with E-state index in [1.54, 1.807) is 13.8 Å². The van der Waals surface area contributed by atoms with E-state index < -0.39 is 5.97 Å². The van der Waals surface area contributed by atoms with Gasteiger partial charge < -0.3 is 15.7 Å². The maximum atomic E-state index is 10.9. The van der Waals surface area contributed by atoms with Crippen LogP contribution in [0.15, 0.2) is 36.5 Å². The smallest absolute Gasteiger partial charge is 0.330 e. The van der Waals surface area contributed by atoms with E-state index in [4.69, 9.17) is 5.11 Å². The Morgan fingerprint density at radius 2 is 1.11 bits per heavy atom. The van der Waals surface area contributed by atoms with E-state index >= 15 is 0 Å². The van der Waals surface area contributed by atoms with E-state index in [1.165, 1.54) is 6.92 Å². The summed E-state index contributed by atoms with van der Waals surface area (Å²) in [5.74, 6) is -1.49. The standard InChI is InChI=1S/C9H14N2O2.C4H6O2/c1-6(2)8(12)10-5-11-9(13)7(3)4;1-3(2)4(5)6/h1,3,5H2,2,4H3,(H,10,12)(H,11,13);1H2,2H3,(H,5,6). The van der Waals surface area contributed by atoms with Crippen LogP contribution in [0.2, 0.25) is 0 Å².